The van der Waals surface area contributed by atoms with E-state index in [1.165, 1.54) is 12.1 Å². The number of nitro groups is 1. The van der Waals surface area contributed by atoms with Crippen LogP contribution in [-0.4, -0.2) is 23.7 Å². The fraction of sp³-hybridized carbons (Fsp3) is 0.316. The molecule has 0 atom stereocenters. The fourth-order valence-electron chi connectivity index (χ4n) is 2.71. The van der Waals surface area contributed by atoms with Gasteiger partial charge in [0.05, 0.1) is 17.1 Å². The van der Waals surface area contributed by atoms with Gasteiger partial charge in [-0.1, -0.05) is 0 Å². The molecule has 7 nitrogen and oxygen atoms in total. The topological polar surface area (TPSA) is 107 Å². The molecule has 0 saturated heterocycles. The SMILES string of the molecule is CSc1ccc(Nc2c(C(N)=O)ccc([N+](=O)[O-])c2OCC2CC2)c(C)c1. The molecule has 1 aliphatic carbocycles. The summed E-state index contributed by atoms with van der Waals surface area (Å²) in [4.78, 5) is 24.0. The van der Waals surface area contributed by atoms with Crippen molar-refractivity contribution in [3.63, 3.8) is 0 Å². The van der Waals surface area contributed by atoms with Crippen LogP contribution in [0.25, 0.3) is 0 Å². The van der Waals surface area contributed by atoms with E-state index >= 15 is 0 Å². The van der Waals surface area contributed by atoms with Gasteiger partial charge in [-0.05, 0) is 61.8 Å². The smallest absolute Gasteiger partial charge is 0.313 e. The van der Waals surface area contributed by atoms with Crippen LogP contribution < -0.4 is 15.8 Å². The average molecular weight is 387 g/mol. The Morgan fingerprint density at radius 1 is 1.37 bits per heavy atom. The van der Waals surface area contributed by atoms with Gasteiger partial charge in [0.1, 0.15) is 5.69 Å². The first-order valence-electron chi connectivity index (χ1n) is 8.56. The third-order valence-electron chi connectivity index (χ3n) is 4.45. The number of thioether (sulfide) groups is 1. The number of rotatable bonds is 8. The Kier molecular flexibility index (Phi) is 5.55. The molecule has 3 N–H and O–H groups in total. The van der Waals surface area contributed by atoms with E-state index in [1.54, 1.807) is 11.8 Å². The number of nitrogens with two attached hydrogens (primary N) is 1. The molecule has 27 heavy (non-hydrogen) atoms. The minimum absolute atomic E-state index is 0.0524. The van der Waals surface area contributed by atoms with E-state index in [4.69, 9.17) is 10.5 Å². The summed E-state index contributed by atoms with van der Waals surface area (Å²) in [5.41, 5.74) is 7.37. The van der Waals surface area contributed by atoms with Crippen LogP contribution in [0, 0.1) is 23.0 Å². The predicted octanol–water partition coefficient (Wildman–Crippen LogP) is 4.26. The van der Waals surface area contributed by atoms with Gasteiger partial charge in [0.2, 0.25) is 5.75 Å². The fourth-order valence-corrected chi connectivity index (χ4v) is 3.21. The molecule has 8 heteroatoms. The number of nitro benzene ring substituents is 1. The number of carbonyl (C=O) groups is 1. The molecule has 0 heterocycles. The summed E-state index contributed by atoms with van der Waals surface area (Å²) in [6, 6.07) is 8.43. The lowest BCUT2D eigenvalue weighted by molar-refractivity contribution is -0.385. The van der Waals surface area contributed by atoms with E-state index in [0.29, 0.717) is 12.5 Å². The van der Waals surface area contributed by atoms with Crippen LogP contribution in [0.15, 0.2) is 35.2 Å². The first-order valence-corrected chi connectivity index (χ1v) is 9.78. The molecular weight excluding hydrogens is 366 g/mol. The van der Waals surface area contributed by atoms with Gasteiger partial charge in [0.15, 0.2) is 0 Å². The first-order chi connectivity index (χ1) is 12.9. The van der Waals surface area contributed by atoms with Crippen LogP contribution >= 0.6 is 11.8 Å². The lowest BCUT2D eigenvalue weighted by atomic mass is 10.1. The zero-order chi connectivity index (χ0) is 19.6. The van der Waals surface area contributed by atoms with Gasteiger partial charge in [0, 0.05) is 16.6 Å². The van der Waals surface area contributed by atoms with Gasteiger partial charge in [0.25, 0.3) is 5.91 Å². The van der Waals surface area contributed by atoms with Crippen LogP contribution in [0.2, 0.25) is 0 Å². The first kappa shape index (κ1) is 19.0. The molecule has 3 rings (SSSR count). The lowest BCUT2D eigenvalue weighted by Gasteiger charge is -2.17. The quantitative estimate of drug-likeness (QED) is 0.398. The number of nitrogens with one attached hydrogen (secondary N) is 1. The van der Waals surface area contributed by atoms with Crippen molar-refractivity contribution in [2.75, 3.05) is 18.2 Å². The van der Waals surface area contributed by atoms with Gasteiger partial charge >= 0.3 is 5.69 Å². The maximum atomic E-state index is 11.9. The maximum absolute atomic E-state index is 11.9. The second-order valence-corrected chi connectivity index (χ2v) is 7.40. The number of primary amides is 1. The summed E-state index contributed by atoms with van der Waals surface area (Å²) in [7, 11) is 0. The minimum Gasteiger partial charge on any atom is -0.485 e. The highest BCUT2D eigenvalue weighted by Gasteiger charge is 2.28. The lowest BCUT2D eigenvalue weighted by Crippen LogP contribution is -2.15. The van der Waals surface area contributed by atoms with Gasteiger partial charge in [-0.2, -0.15) is 0 Å². The number of amides is 1. The number of carbonyl (C=O) groups excluding carboxylic acids is 1. The Hall–Kier alpha value is -2.74. The number of benzene rings is 2. The highest BCUT2D eigenvalue weighted by Crippen LogP contribution is 2.41. The monoisotopic (exact) mass is 387 g/mol. The molecule has 0 aromatic heterocycles. The number of ether oxygens (including phenoxy) is 1. The second kappa shape index (κ2) is 7.87. The van der Waals surface area contributed by atoms with Crippen molar-refractivity contribution in [1.82, 2.24) is 0 Å². The Morgan fingerprint density at radius 2 is 2.11 bits per heavy atom. The number of aryl methyl sites for hydroxylation is 1. The Bertz CT molecular complexity index is 897. The van der Waals surface area contributed by atoms with Gasteiger partial charge < -0.3 is 15.8 Å². The van der Waals surface area contributed by atoms with Crippen molar-refractivity contribution < 1.29 is 14.5 Å². The summed E-state index contributed by atoms with van der Waals surface area (Å²) in [5, 5.41) is 14.6. The van der Waals surface area contributed by atoms with Crippen molar-refractivity contribution in [3.8, 4) is 5.75 Å². The van der Waals surface area contributed by atoms with Crippen molar-refractivity contribution in [1.29, 1.82) is 0 Å². The number of hydrogen-bond donors (Lipinski definition) is 2. The molecule has 1 fully saturated rings. The third-order valence-corrected chi connectivity index (χ3v) is 5.18. The molecule has 1 amide bonds. The molecule has 142 valence electrons. The number of hydrogen-bond acceptors (Lipinski definition) is 6. The molecule has 0 unspecified atom stereocenters. The average Bonchev–Trinajstić information content (AvgIpc) is 3.45. The predicted molar refractivity (Wildman–Crippen MR) is 106 cm³/mol. The molecule has 0 bridgehead atoms. The largest absolute Gasteiger partial charge is 0.485 e. The second-order valence-electron chi connectivity index (χ2n) is 6.52. The summed E-state index contributed by atoms with van der Waals surface area (Å²) < 4.78 is 5.79. The van der Waals surface area contributed by atoms with Crippen molar-refractivity contribution >= 4 is 34.7 Å². The highest BCUT2D eigenvalue weighted by molar-refractivity contribution is 7.98. The summed E-state index contributed by atoms with van der Waals surface area (Å²) in [6.45, 7) is 2.30. The van der Waals surface area contributed by atoms with Crippen LogP contribution in [0.5, 0.6) is 5.75 Å². The minimum atomic E-state index is -0.679. The number of nitrogens with zero attached hydrogens (tertiary/aromatic N) is 1. The molecule has 0 spiro atoms. The molecule has 0 aliphatic heterocycles. The van der Waals surface area contributed by atoms with Crippen LogP contribution in [0.3, 0.4) is 0 Å². The van der Waals surface area contributed by atoms with Gasteiger partial charge in [-0.25, -0.2) is 0 Å². The van der Waals surface area contributed by atoms with Crippen LogP contribution in [0.4, 0.5) is 17.1 Å². The molecule has 1 saturated carbocycles. The summed E-state index contributed by atoms with van der Waals surface area (Å²) in [6.07, 6.45) is 4.07. The normalized spacial score (nSPS) is 13.3. The van der Waals surface area contributed by atoms with E-state index in [-0.39, 0.29) is 22.7 Å². The Labute approximate surface area is 161 Å². The van der Waals surface area contributed by atoms with Crippen LogP contribution in [0.1, 0.15) is 28.8 Å². The molecule has 2 aromatic rings. The van der Waals surface area contributed by atoms with E-state index in [9.17, 15) is 14.9 Å². The summed E-state index contributed by atoms with van der Waals surface area (Å²) in [5.74, 6) is -0.226. The van der Waals surface area contributed by atoms with Gasteiger partial charge in [-0.15, -0.1) is 11.8 Å². The zero-order valence-corrected chi connectivity index (χ0v) is 16.0. The van der Waals surface area contributed by atoms with Crippen LogP contribution in [-0.2, 0) is 0 Å². The zero-order valence-electron chi connectivity index (χ0n) is 15.2. The highest BCUT2D eigenvalue weighted by atomic mass is 32.2. The van der Waals surface area contributed by atoms with Crippen molar-refractivity contribution in [3.05, 3.63) is 51.6 Å². The van der Waals surface area contributed by atoms with E-state index in [2.05, 4.69) is 5.32 Å². The summed E-state index contributed by atoms with van der Waals surface area (Å²) >= 11 is 1.62. The third kappa shape index (κ3) is 4.33. The maximum Gasteiger partial charge on any atom is 0.313 e. The van der Waals surface area contributed by atoms with Crippen molar-refractivity contribution in [2.45, 2.75) is 24.7 Å². The molecule has 0 radical (unpaired) electrons. The van der Waals surface area contributed by atoms with E-state index in [1.807, 2.05) is 31.4 Å². The molecule has 2 aromatic carbocycles. The van der Waals surface area contributed by atoms with Gasteiger partial charge in [-0.3, -0.25) is 14.9 Å². The molecule has 1 aliphatic rings. The van der Waals surface area contributed by atoms with Crippen molar-refractivity contribution in [2.24, 2.45) is 11.7 Å². The molecular formula is C19H21N3O4S. The number of anilines is 2. The van der Waals surface area contributed by atoms with E-state index in [0.717, 1.165) is 29.0 Å². The Balaban J connectivity index is 2.07. The Morgan fingerprint density at radius 3 is 2.67 bits per heavy atom. The van der Waals surface area contributed by atoms with E-state index < -0.39 is 10.8 Å². The standard InChI is InChI=1S/C19H21N3O4S/c1-11-9-13(27-2)5-7-15(11)21-17-14(19(20)23)6-8-16(22(24)25)18(17)26-10-12-3-4-12/h5-9,12,21H,3-4,10H2,1-2H3,(H2,20,23).